The Balaban J connectivity index is 1.61. The predicted octanol–water partition coefficient (Wildman–Crippen LogP) is 6.82. The third-order valence-electron chi connectivity index (χ3n) is 6.69. The van der Waals surface area contributed by atoms with E-state index >= 15 is 8.78 Å². The van der Waals surface area contributed by atoms with E-state index in [4.69, 9.17) is 32.2 Å². The van der Waals surface area contributed by atoms with E-state index in [2.05, 4.69) is 10.3 Å². The highest BCUT2D eigenvalue weighted by atomic mass is 35.5. The first-order valence-electron chi connectivity index (χ1n) is 13.0. The summed E-state index contributed by atoms with van der Waals surface area (Å²) in [5, 5.41) is 10.7. The maximum atomic E-state index is 15.0. The Bertz CT molecular complexity index is 1540. The van der Waals surface area contributed by atoms with E-state index in [1.807, 2.05) is 30.5 Å². The SMILES string of the molecule is COc1cc(C(C)(C)c2cnc(SCc3c(F)cc(OCCCNC(=N)N)cc3F)n2-c2ccc(F)cc2)ccc1Cl. The maximum Gasteiger partial charge on any atom is 0.185 e. The van der Waals surface area contributed by atoms with Crippen molar-refractivity contribution < 1.29 is 22.6 Å². The second-order valence-electron chi connectivity index (χ2n) is 9.91. The molecule has 0 radical (unpaired) electrons. The molecule has 1 heterocycles. The Hall–Kier alpha value is -3.83. The number of thioether (sulfide) groups is 1. The van der Waals surface area contributed by atoms with Crippen LogP contribution in [-0.2, 0) is 11.2 Å². The normalized spacial score (nSPS) is 11.4. The molecule has 7 nitrogen and oxygen atoms in total. The Labute approximate surface area is 251 Å². The van der Waals surface area contributed by atoms with E-state index < -0.39 is 22.9 Å². The second kappa shape index (κ2) is 13.4. The molecule has 0 amide bonds. The van der Waals surface area contributed by atoms with Gasteiger partial charge in [0.2, 0.25) is 0 Å². The molecule has 1 aromatic heterocycles. The number of imidazole rings is 1. The van der Waals surface area contributed by atoms with Gasteiger partial charge in [-0.25, -0.2) is 18.2 Å². The molecule has 42 heavy (non-hydrogen) atoms. The summed E-state index contributed by atoms with van der Waals surface area (Å²) in [6.45, 7) is 4.62. The number of hydrogen-bond acceptors (Lipinski definition) is 5. The van der Waals surface area contributed by atoms with Gasteiger partial charge in [-0.15, -0.1) is 0 Å². The van der Waals surface area contributed by atoms with E-state index in [0.29, 0.717) is 34.6 Å². The lowest BCUT2D eigenvalue weighted by molar-refractivity contribution is 0.307. The van der Waals surface area contributed by atoms with Crippen LogP contribution in [0.2, 0.25) is 5.02 Å². The molecule has 0 spiro atoms. The zero-order chi connectivity index (χ0) is 30.4. The lowest BCUT2D eigenvalue weighted by Gasteiger charge is -2.28. The fourth-order valence-corrected chi connectivity index (χ4v) is 5.54. The lowest BCUT2D eigenvalue weighted by Crippen LogP contribution is -2.31. The minimum Gasteiger partial charge on any atom is -0.495 e. The van der Waals surface area contributed by atoms with Crippen molar-refractivity contribution in [1.82, 2.24) is 14.9 Å². The van der Waals surface area contributed by atoms with Gasteiger partial charge in [-0.05, 0) is 48.4 Å². The Morgan fingerprint density at radius 2 is 1.79 bits per heavy atom. The summed E-state index contributed by atoms with van der Waals surface area (Å²) in [6, 6.07) is 13.7. The average Bonchev–Trinajstić information content (AvgIpc) is 3.37. The van der Waals surface area contributed by atoms with Crippen LogP contribution in [0.5, 0.6) is 11.5 Å². The highest BCUT2D eigenvalue weighted by molar-refractivity contribution is 7.98. The van der Waals surface area contributed by atoms with Crippen molar-refractivity contribution in [3.8, 4) is 17.2 Å². The number of guanidine groups is 1. The Kier molecular flexibility index (Phi) is 9.95. The quantitative estimate of drug-likeness (QED) is 0.0698. The fraction of sp³-hybridized carbons (Fsp3) is 0.267. The number of ether oxygens (including phenoxy) is 2. The first kappa shape index (κ1) is 31.1. The largest absolute Gasteiger partial charge is 0.495 e. The molecule has 222 valence electrons. The van der Waals surface area contributed by atoms with Crippen LogP contribution in [0.3, 0.4) is 0 Å². The fourth-order valence-electron chi connectivity index (χ4n) is 4.34. The van der Waals surface area contributed by atoms with Crippen LogP contribution in [0.1, 0.15) is 37.1 Å². The van der Waals surface area contributed by atoms with Gasteiger partial charge < -0.3 is 20.5 Å². The molecular weight excluding hydrogens is 587 g/mol. The monoisotopic (exact) mass is 617 g/mol. The van der Waals surface area contributed by atoms with Gasteiger partial charge in [0.1, 0.15) is 29.0 Å². The first-order chi connectivity index (χ1) is 20.0. The summed E-state index contributed by atoms with van der Waals surface area (Å²) in [5.74, 6) is -1.49. The summed E-state index contributed by atoms with van der Waals surface area (Å²) < 4.78 is 56.6. The Morgan fingerprint density at radius 3 is 2.43 bits per heavy atom. The number of aromatic nitrogens is 2. The molecular formula is C30H31ClF3N5O2S. The highest BCUT2D eigenvalue weighted by Crippen LogP contribution is 2.39. The first-order valence-corrected chi connectivity index (χ1v) is 14.4. The van der Waals surface area contributed by atoms with Crippen LogP contribution in [0, 0.1) is 22.9 Å². The summed E-state index contributed by atoms with van der Waals surface area (Å²) in [7, 11) is 1.54. The van der Waals surface area contributed by atoms with E-state index in [9.17, 15) is 4.39 Å². The molecule has 0 fully saturated rings. The smallest absolute Gasteiger partial charge is 0.185 e. The number of benzene rings is 3. The highest BCUT2D eigenvalue weighted by Gasteiger charge is 2.30. The van der Waals surface area contributed by atoms with E-state index in [-0.39, 0.29) is 29.6 Å². The third kappa shape index (κ3) is 7.14. The minimum absolute atomic E-state index is 0.0483. The summed E-state index contributed by atoms with van der Waals surface area (Å²) in [6.07, 6.45) is 2.20. The van der Waals surface area contributed by atoms with Gasteiger partial charge in [-0.1, -0.05) is 43.3 Å². The molecule has 0 saturated heterocycles. The van der Waals surface area contributed by atoms with Crippen LogP contribution in [0.25, 0.3) is 5.69 Å². The van der Waals surface area contributed by atoms with Crippen molar-refractivity contribution in [2.24, 2.45) is 5.73 Å². The van der Waals surface area contributed by atoms with Gasteiger partial charge in [0.25, 0.3) is 0 Å². The number of methoxy groups -OCH3 is 1. The number of nitrogens with two attached hydrogens (primary N) is 1. The number of nitrogens with zero attached hydrogens (tertiary/aromatic N) is 2. The van der Waals surface area contributed by atoms with Crippen LogP contribution in [0.4, 0.5) is 13.2 Å². The summed E-state index contributed by atoms with van der Waals surface area (Å²) >= 11 is 7.41. The zero-order valence-corrected chi connectivity index (χ0v) is 24.9. The molecule has 4 rings (SSSR count). The van der Waals surface area contributed by atoms with Crippen molar-refractivity contribution in [1.29, 1.82) is 5.41 Å². The van der Waals surface area contributed by atoms with Crippen molar-refractivity contribution in [2.75, 3.05) is 20.3 Å². The molecule has 12 heteroatoms. The molecule has 0 aliphatic carbocycles. The van der Waals surface area contributed by atoms with Crippen molar-refractivity contribution in [2.45, 2.75) is 36.6 Å². The molecule has 4 aromatic rings. The standard InChI is InChI=1S/C30H31ClF3N5O2S/c1-30(2,18-5-10-23(31)26(13-18)40-3)27-16-38-29(39(27)20-8-6-19(32)7-9-20)42-17-22-24(33)14-21(15-25(22)34)41-12-4-11-37-28(35)36/h5-10,13-16H,4,11-12,17H2,1-3H3,(H4,35,36,37). The average molecular weight is 618 g/mol. The summed E-state index contributed by atoms with van der Waals surface area (Å²) in [4.78, 5) is 4.60. The molecule has 0 atom stereocenters. The predicted molar refractivity (Wildman–Crippen MR) is 160 cm³/mol. The molecule has 0 saturated carbocycles. The molecule has 4 N–H and O–H groups in total. The topological polar surface area (TPSA) is 98.2 Å². The molecule has 0 aliphatic rings. The number of hydrogen-bond donors (Lipinski definition) is 3. The molecule has 0 aliphatic heterocycles. The van der Waals surface area contributed by atoms with E-state index in [1.54, 1.807) is 31.5 Å². The van der Waals surface area contributed by atoms with Crippen LogP contribution < -0.4 is 20.5 Å². The second-order valence-corrected chi connectivity index (χ2v) is 11.3. The van der Waals surface area contributed by atoms with E-state index in [0.717, 1.165) is 35.2 Å². The van der Waals surface area contributed by atoms with Crippen LogP contribution in [0.15, 0.2) is 66.0 Å². The van der Waals surface area contributed by atoms with Crippen LogP contribution in [-0.4, -0.2) is 35.8 Å². The van der Waals surface area contributed by atoms with E-state index in [1.165, 1.54) is 12.1 Å². The van der Waals surface area contributed by atoms with Gasteiger partial charge in [0.05, 0.1) is 30.6 Å². The Morgan fingerprint density at radius 1 is 1.10 bits per heavy atom. The number of halogens is 4. The van der Waals surface area contributed by atoms with Gasteiger partial charge in [-0.3, -0.25) is 9.98 Å². The van der Waals surface area contributed by atoms with Gasteiger partial charge >= 0.3 is 0 Å². The molecule has 3 aromatic carbocycles. The number of rotatable bonds is 12. The van der Waals surface area contributed by atoms with Gasteiger partial charge in [-0.2, -0.15) is 0 Å². The lowest BCUT2D eigenvalue weighted by atomic mass is 9.81. The zero-order valence-electron chi connectivity index (χ0n) is 23.3. The number of nitrogens with one attached hydrogen (secondary N) is 2. The summed E-state index contributed by atoms with van der Waals surface area (Å²) in [5.41, 5.74) is 6.79. The van der Waals surface area contributed by atoms with Crippen molar-refractivity contribution in [3.63, 3.8) is 0 Å². The van der Waals surface area contributed by atoms with Crippen molar-refractivity contribution >= 4 is 29.3 Å². The minimum atomic E-state index is -0.743. The molecule has 0 bridgehead atoms. The van der Waals surface area contributed by atoms with Gasteiger partial charge in [0.15, 0.2) is 11.1 Å². The molecule has 0 unspecified atom stereocenters. The third-order valence-corrected chi connectivity index (χ3v) is 7.98. The van der Waals surface area contributed by atoms with Crippen molar-refractivity contribution in [3.05, 3.63) is 100 Å². The maximum absolute atomic E-state index is 15.0. The van der Waals surface area contributed by atoms with Gasteiger partial charge in [0, 0.05) is 41.1 Å². The van der Waals surface area contributed by atoms with Crippen LogP contribution >= 0.6 is 23.4 Å².